The van der Waals surface area contributed by atoms with Gasteiger partial charge >= 0.3 is 0 Å². The third-order valence-electron chi connectivity index (χ3n) is 3.46. The van der Waals surface area contributed by atoms with Crippen molar-refractivity contribution in [2.45, 2.75) is 65.0 Å². The summed E-state index contributed by atoms with van der Waals surface area (Å²) in [5, 5.41) is 3.04. The zero-order valence-electron chi connectivity index (χ0n) is 10.2. The molecule has 1 fully saturated rings. The van der Waals surface area contributed by atoms with Gasteiger partial charge in [-0.05, 0) is 37.5 Å². The van der Waals surface area contributed by atoms with Crippen LogP contribution in [0.2, 0.25) is 0 Å². The second kappa shape index (κ2) is 4.97. The summed E-state index contributed by atoms with van der Waals surface area (Å²) in [5.41, 5.74) is 6.13. The predicted octanol–water partition coefficient (Wildman–Crippen LogP) is 1.81. The molecule has 1 atom stereocenters. The van der Waals surface area contributed by atoms with Crippen molar-refractivity contribution in [3.8, 4) is 0 Å². The van der Waals surface area contributed by atoms with Crippen LogP contribution in [-0.2, 0) is 4.79 Å². The summed E-state index contributed by atoms with van der Waals surface area (Å²) in [6.07, 6.45) is 5.28. The van der Waals surface area contributed by atoms with E-state index in [4.69, 9.17) is 5.73 Å². The fraction of sp³-hybridized carbons (Fsp3) is 0.917. The Kier molecular flexibility index (Phi) is 4.14. The zero-order chi connectivity index (χ0) is 11.5. The summed E-state index contributed by atoms with van der Waals surface area (Å²) >= 11 is 0. The third kappa shape index (κ3) is 3.82. The lowest BCUT2D eigenvalue weighted by Crippen LogP contribution is -2.46. The largest absolute Gasteiger partial charge is 0.352 e. The number of amides is 1. The van der Waals surface area contributed by atoms with Gasteiger partial charge in [0.05, 0.1) is 6.04 Å². The van der Waals surface area contributed by atoms with Crippen molar-refractivity contribution in [2.24, 2.45) is 11.1 Å². The molecule has 0 radical (unpaired) electrons. The molecule has 3 nitrogen and oxygen atoms in total. The molecule has 0 unspecified atom stereocenters. The van der Waals surface area contributed by atoms with Crippen molar-refractivity contribution in [3.05, 3.63) is 0 Å². The Morgan fingerprint density at radius 2 is 2.00 bits per heavy atom. The Morgan fingerprint density at radius 1 is 1.47 bits per heavy atom. The van der Waals surface area contributed by atoms with Gasteiger partial charge in [-0.25, -0.2) is 0 Å². The van der Waals surface area contributed by atoms with E-state index >= 15 is 0 Å². The second-order valence-corrected chi connectivity index (χ2v) is 5.46. The molecular weight excluding hydrogens is 188 g/mol. The fourth-order valence-corrected chi connectivity index (χ4v) is 2.04. The van der Waals surface area contributed by atoms with Gasteiger partial charge in [-0.1, -0.05) is 20.8 Å². The highest BCUT2D eigenvalue weighted by Crippen LogP contribution is 2.34. The standard InChI is InChI=1S/C12H24N2O/c1-4-10(13)11(15)14-9-5-7-12(2,3)8-6-9/h9-10H,4-8,13H2,1-3H3,(H,14,15)/t10-/m0/s1. The quantitative estimate of drug-likeness (QED) is 0.749. The Bertz CT molecular complexity index is 216. The molecule has 1 rings (SSSR count). The fourth-order valence-electron chi connectivity index (χ4n) is 2.04. The molecule has 0 aliphatic heterocycles. The molecule has 15 heavy (non-hydrogen) atoms. The molecule has 0 saturated heterocycles. The molecule has 0 spiro atoms. The number of carbonyl (C=O) groups excluding carboxylic acids is 1. The van der Waals surface area contributed by atoms with Gasteiger partial charge in [0.1, 0.15) is 0 Å². The van der Waals surface area contributed by atoms with E-state index in [9.17, 15) is 4.79 Å². The number of carbonyl (C=O) groups is 1. The third-order valence-corrected chi connectivity index (χ3v) is 3.46. The van der Waals surface area contributed by atoms with Crippen LogP contribution in [0.25, 0.3) is 0 Å². The first-order valence-corrected chi connectivity index (χ1v) is 6.00. The highest BCUT2D eigenvalue weighted by Gasteiger charge is 2.28. The van der Waals surface area contributed by atoms with Gasteiger partial charge in [-0.15, -0.1) is 0 Å². The molecule has 88 valence electrons. The molecule has 1 amide bonds. The Hall–Kier alpha value is -0.570. The Labute approximate surface area is 92.8 Å². The van der Waals surface area contributed by atoms with Crippen molar-refractivity contribution in [3.63, 3.8) is 0 Å². The molecule has 0 bridgehead atoms. The van der Waals surface area contributed by atoms with Crippen LogP contribution < -0.4 is 11.1 Å². The number of nitrogens with two attached hydrogens (primary N) is 1. The maximum atomic E-state index is 11.6. The summed E-state index contributed by atoms with van der Waals surface area (Å²) in [4.78, 5) is 11.6. The van der Waals surface area contributed by atoms with E-state index in [0.29, 0.717) is 17.9 Å². The van der Waals surface area contributed by atoms with Crippen molar-refractivity contribution in [2.75, 3.05) is 0 Å². The van der Waals surface area contributed by atoms with Gasteiger partial charge in [0.25, 0.3) is 0 Å². The van der Waals surface area contributed by atoms with Gasteiger partial charge in [0.2, 0.25) is 5.91 Å². The molecule has 1 aliphatic carbocycles. The van der Waals surface area contributed by atoms with E-state index in [2.05, 4.69) is 19.2 Å². The molecule has 3 heteroatoms. The molecule has 1 aliphatic rings. The van der Waals surface area contributed by atoms with Gasteiger partial charge in [-0.2, -0.15) is 0 Å². The summed E-state index contributed by atoms with van der Waals surface area (Å²) in [6, 6.07) is 0.0167. The molecule has 0 aromatic rings. The smallest absolute Gasteiger partial charge is 0.237 e. The second-order valence-electron chi connectivity index (χ2n) is 5.46. The number of hydrogen-bond donors (Lipinski definition) is 2. The minimum absolute atomic E-state index is 0.0159. The highest BCUT2D eigenvalue weighted by atomic mass is 16.2. The van der Waals surface area contributed by atoms with Crippen LogP contribution in [0.1, 0.15) is 52.9 Å². The Balaban J connectivity index is 2.33. The lowest BCUT2D eigenvalue weighted by molar-refractivity contribution is -0.123. The first-order valence-electron chi connectivity index (χ1n) is 6.00. The predicted molar refractivity (Wildman–Crippen MR) is 62.4 cm³/mol. The normalized spacial score (nSPS) is 23.5. The van der Waals surface area contributed by atoms with Crippen molar-refractivity contribution >= 4 is 5.91 Å². The van der Waals surface area contributed by atoms with Gasteiger partial charge < -0.3 is 11.1 Å². The zero-order valence-corrected chi connectivity index (χ0v) is 10.2. The highest BCUT2D eigenvalue weighted by molar-refractivity contribution is 5.81. The van der Waals surface area contributed by atoms with Gasteiger partial charge in [0, 0.05) is 6.04 Å². The van der Waals surface area contributed by atoms with E-state index in [1.54, 1.807) is 0 Å². The summed E-state index contributed by atoms with van der Waals surface area (Å²) in [6.45, 7) is 6.53. The number of nitrogens with one attached hydrogen (secondary N) is 1. The maximum Gasteiger partial charge on any atom is 0.237 e. The van der Waals surface area contributed by atoms with E-state index < -0.39 is 0 Å². The summed E-state index contributed by atoms with van der Waals surface area (Å²) in [7, 11) is 0. The topological polar surface area (TPSA) is 55.1 Å². The van der Waals surface area contributed by atoms with Crippen molar-refractivity contribution in [1.29, 1.82) is 0 Å². The molecule has 3 N–H and O–H groups in total. The van der Waals surface area contributed by atoms with Crippen LogP contribution in [-0.4, -0.2) is 18.0 Å². The SMILES string of the molecule is CC[C@H](N)C(=O)NC1CCC(C)(C)CC1. The van der Waals surface area contributed by atoms with Crippen LogP contribution >= 0.6 is 0 Å². The molecule has 0 aromatic carbocycles. The minimum atomic E-state index is -0.333. The average Bonchev–Trinajstić information content (AvgIpc) is 2.20. The van der Waals surface area contributed by atoms with Crippen molar-refractivity contribution in [1.82, 2.24) is 5.32 Å². The van der Waals surface area contributed by atoms with E-state index in [1.165, 1.54) is 12.8 Å². The van der Waals surface area contributed by atoms with Crippen LogP contribution in [0.5, 0.6) is 0 Å². The lowest BCUT2D eigenvalue weighted by atomic mass is 9.75. The molecule has 0 heterocycles. The Morgan fingerprint density at radius 3 is 2.47 bits per heavy atom. The van der Waals surface area contributed by atoms with E-state index in [1.807, 2.05) is 6.92 Å². The van der Waals surface area contributed by atoms with Crippen LogP contribution in [0.15, 0.2) is 0 Å². The number of rotatable bonds is 3. The minimum Gasteiger partial charge on any atom is -0.352 e. The molecule has 1 saturated carbocycles. The summed E-state index contributed by atoms with van der Waals surface area (Å²) in [5.74, 6) is 0.0159. The maximum absolute atomic E-state index is 11.6. The lowest BCUT2D eigenvalue weighted by Gasteiger charge is -2.34. The summed E-state index contributed by atoms with van der Waals surface area (Å²) < 4.78 is 0. The van der Waals surface area contributed by atoms with Gasteiger partial charge in [0.15, 0.2) is 0 Å². The number of hydrogen-bond acceptors (Lipinski definition) is 2. The van der Waals surface area contributed by atoms with E-state index in [0.717, 1.165) is 12.8 Å². The monoisotopic (exact) mass is 212 g/mol. The first-order chi connectivity index (χ1) is 6.94. The van der Waals surface area contributed by atoms with Crippen LogP contribution in [0, 0.1) is 5.41 Å². The van der Waals surface area contributed by atoms with Gasteiger partial charge in [-0.3, -0.25) is 4.79 Å². The first kappa shape index (κ1) is 12.5. The van der Waals surface area contributed by atoms with Crippen LogP contribution in [0.4, 0.5) is 0 Å². The van der Waals surface area contributed by atoms with E-state index in [-0.39, 0.29) is 11.9 Å². The molecular formula is C12H24N2O. The molecule has 0 aromatic heterocycles. The van der Waals surface area contributed by atoms with Crippen LogP contribution in [0.3, 0.4) is 0 Å². The average molecular weight is 212 g/mol. The van der Waals surface area contributed by atoms with Crippen molar-refractivity contribution < 1.29 is 4.79 Å².